The average Bonchev–Trinajstić information content (AvgIpc) is 2.46. The Bertz CT molecular complexity index is 609. The van der Waals surface area contributed by atoms with Gasteiger partial charge in [-0.3, -0.25) is 0 Å². The molecule has 4 heteroatoms. The highest BCUT2D eigenvalue weighted by Crippen LogP contribution is 2.35. The maximum absolute atomic E-state index is 5.85. The summed E-state index contributed by atoms with van der Waals surface area (Å²) in [6.07, 6.45) is 5.29. The Morgan fingerprint density at radius 2 is 2.05 bits per heavy atom. The number of fused-ring (bicyclic) bond motifs is 1. The standard InChI is InChI=1S/C16H20N4/c1-2-6-14-18-15(20-16(17)19-14)13-10-5-8-11-7-3-4-9-12(11)13/h3-4,7,9,13H,2,5-6,8,10H2,1H3,(H2,17,18,19,20). The number of hydrogen-bond donors (Lipinski definition) is 1. The molecule has 2 aromatic rings. The van der Waals surface area contributed by atoms with Crippen LogP contribution < -0.4 is 5.73 Å². The minimum Gasteiger partial charge on any atom is -0.368 e. The molecular weight excluding hydrogens is 248 g/mol. The normalized spacial score (nSPS) is 17.8. The molecule has 0 saturated heterocycles. The van der Waals surface area contributed by atoms with Crippen LogP contribution in [0.4, 0.5) is 5.95 Å². The van der Waals surface area contributed by atoms with Crippen LogP contribution in [0.1, 0.15) is 54.9 Å². The molecule has 1 unspecified atom stereocenters. The summed E-state index contributed by atoms with van der Waals surface area (Å²) in [5.41, 5.74) is 8.62. The molecule has 0 fully saturated rings. The Hall–Kier alpha value is -1.97. The van der Waals surface area contributed by atoms with Gasteiger partial charge in [-0.2, -0.15) is 9.97 Å². The summed E-state index contributed by atoms with van der Waals surface area (Å²) in [5, 5.41) is 0. The summed E-state index contributed by atoms with van der Waals surface area (Å²) < 4.78 is 0. The van der Waals surface area contributed by atoms with E-state index >= 15 is 0 Å². The lowest BCUT2D eigenvalue weighted by Gasteiger charge is -2.24. The van der Waals surface area contributed by atoms with Crippen molar-refractivity contribution in [3.8, 4) is 0 Å². The minimum atomic E-state index is 0.265. The van der Waals surface area contributed by atoms with Crippen molar-refractivity contribution in [2.45, 2.75) is 44.9 Å². The molecule has 0 spiro atoms. The van der Waals surface area contributed by atoms with Crippen molar-refractivity contribution >= 4 is 5.95 Å². The van der Waals surface area contributed by atoms with Crippen LogP contribution in [0.25, 0.3) is 0 Å². The first kappa shape index (κ1) is 13.0. The summed E-state index contributed by atoms with van der Waals surface area (Å²) in [7, 11) is 0. The Morgan fingerprint density at radius 1 is 1.20 bits per heavy atom. The molecule has 0 aliphatic heterocycles. The number of rotatable bonds is 3. The van der Waals surface area contributed by atoms with E-state index in [-0.39, 0.29) is 5.92 Å². The third-order valence-corrected chi connectivity index (χ3v) is 3.87. The molecule has 0 amide bonds. The topological polar surface area (TPSA) is 64.7 Å². The van der Waals surface area contributed by atoms with Crippen LogP contribution in [0.5, 0.6) is 0 Å². The first-order valence-corrected chi connectivity index (χ1v) is 7.36. The molecular formula is C16H20N4. The minimum absolute atomic E-state index is 0.265. The van der Waals surface area contributed by atoms with Gasteiger partial charge >= 0.3 is 0 Å². The second kappa shape index (κ2) is 5.57. The van der Waals surface area contributed by atoms with Crippen LogP contribution in [-0.4, -0.2) is 15.0 Å². The van der Waals surface area contributed by atoms with Crippen LogP contribution in [0.2, 0.25) is 0 Å². The van der Waals surface area contributed by atoms with Crippen LogP contribution in [0.15, 0.2) is 24.3 Å². The van der Waals surface area contributed by atoms with E-state index in [0.717, 1.165) is 37.3 Å². The molecule has 1 atom stereocenters. The van der Waals surface area contributed by atoms with E-state index in [1.165, 1.54) is 17.5 Å². The highest BCUT2D eigenvalue weighted by molar-refractivity contribution is 5.37. The molecule has 20 heavy (non-hydrogen) atoms. The van der Waals surface area contributed by atoms with Crippen LogP contribution in [0.3, 0.4) is 0 Å². The van der Waals surface area contributed by atoms with Gasteiger partial charge in [-0.15, -0.1) is 0 Å². The second-order valence-electron chi connectivity index (χ2n) is 5.36. The van der Waals surface area contributed by atoms with Gasteiger partial charge in [-0.05, 0) is 36.8 Å². The number of nitrogens with two attached hydrogens (primary N) is 1. The molecule has 3 rings (SSSR count). The van der Waals surface area contributed by atoms with Crippen LogP contribution >= 0.6 is 0 Å². The maximum Gasteiger partial charge on any atom is 0.223 e. The van der Waals surface area contributed by atoms with Crippen molar-refractivity contribution < 1.29 is 0 Å². The molecule has 2 N–H and O–H groups in total. The Labute approximate surface area is 119 Å². The van der Waals surface area contributed by atoms with Gasteiger partial charge in [0.05, 0.1) is 0 Å². The Balaban J connectivity index is 2.01. The lowest BCUT2D eigenvalue weighted by molar-refractivity contribution is 0.583. The van der Waals surface area contributed by atoms with Crippen molar-refractivity contribution in [2.75, 3.05) is 5.73 Å². The molecule has 1 aromatic heterocycles. The number of hydrogen-bond acceptors (Lipinski definition) is 4. The average molecular weight is 268 g/mol. The molecule has 104 valence electrons. The van der Waals surface area contributed by atoms with Crippen LogP contribution in [-0.2, 0) is 12.8 Å². The monoisotopic (exact) mass is 268 g/mol. The number of aromatic nitrogens is 3. The first-order valence-electron chi connectivity index (χ1n) is 7.36. The largest absolute Gasteiger partial charge is 0.368 e. The lowest BCUT2D eigenvalue weighted by Crippen LogP contribution is -2.16. The van der Waals surface area contributed by atoms with Gasteiger partial charge in [0, 0.05) is 12.3 Å². The summed E-state index contributed by atoms with van der Waals surface area (Å²) in [5.74, 6) is 2.27. The molecule has 1 aromatic carbocycles. The van der Waals surface area contributed by atoms with E-state index in [0.29, 0.717) is 5.95 Å². The quantitative estimate of drug-likeness (QED) is 0.929. The van der Waals surface area contributed by atoms with Gasteiger partial charge in [0.25, 0.3) is 0 Å². The molecule has 4 nitrogen and oxygen atoms in total. The fourth-order valence-electron chi connectivity index (χ4n) is 2.97. The van der Waals surface area contributed by atoms with E-state index in [1.807, 2.05) is 0 Å². The summed E-state index contributed by atoms with van der Waals surface area (Å²) in [4.78, 5) is 13.3. The van der Waals surface area contributed by atoms with E-state index < -0.39 is 0 Å². The van der Waals surface area contributed by atoms with Crippen molar-refractivity contribution in [3.05, 3.63) is 47.0 Å². The number of nitrogens with zero attached hydrogens (tertiary/aromatic N) is 3. The second-order valence-corrected chi connectivity index (χ2v) is 5.36. The van der Waals surface area contributed by atoms with Gasteiger partial charge < -0.3 is 5.73 Å². The summed E-state index contributed by atoms with van der Waals surface area (Å²) in [6, 6.07) is 8.60. The van der Waals surface area contributed by atoms with Gasteiger partial charge in [-0.1, -0.05) is 31.2 Å². The Kier molecular flexibility index (Phi) is 3.63. The van der Waals surface area contributed by atoms with Crippen LogP contribution in [0, 0.1) is 0 Å². The molecule has 1 aliphatic rings. The fraction of sp³-hybridized carbons (Fsp3) is 0.438. The maximum atomic E-state index is 5.85. The van der Waals surface area contributed by atoms with E-state index in [4.69, 9.17) is 5.73 Å². The van der Waals surface area contributed by atoms with Crippen molar-refractivity contribution in [2.24, 2.45) is 0 Å². The number of anilines is 1. The molecule has 0 saturated carbocycles. The van der Waals surface area contributed by atoms with Crippen molar-refractivity contribution in [1.82, 2.24) is 15.0 Å². The van der Waals surface area contributed by atoms with Gasteiger partial charge in [0.2, 0.25) is 5.95 Å². The zero-order valence-electron chi connectivity index (χ0n) is 11.8. The Morgan fingerprint density at radius 3 is 2.90 bits per heavy atom. The lowest BCUT2D eigenvalue weighted by atomic mass is 9.82. The molecule has 0 radical (unpaired) electrons. The van der Waals surface area contributed by atoms with Gasteiger partial charge in [-0.25, -0.2) is 4.98 Å². The fourth-order valence-corrected chi connectivity index (χ4v) is 2.97. The predicted molar refractivity (Wildman–Crippen MR) is 79.5 cm³/mol. The first-order chi connectivity index (χ1) is 9.78. The summed E-state index contributed by atoms with van der Waals surface area (Å²) >= 11 is 0. The van der Waals surface area contributed by atoms with Crippen molar-refractivity contribution in [1.29, 1.82) is 0 Å². The number of benzene rings is 1. The molecule has 1 heterocycles. The van der Waals surface area contributed by atoms with E-state index in [2.05, 4.69) is 46.1 Å². The van der Waals surface area contributed by atoms with Gasteiger partial charge in [0.1, 0.15) is 11.6 Å². The highest BCUT2D eigenvalue weighted by atomic mass is 15.1. The predicted octanol–water partition coefficient (Wildman–Crippen LogP) is 2.87. The van der Waals surface area contributed by atoms with Gasteiger partial charge in [0.15, 0.2) is 0 Å². The van der Waals surface area contributed by atoms with E-state index in [9.17, 15) is 0 Å². The summed E-state index contributed by atoms with van der Waals surface area (Å²) in [6.45, 7) is 2.12. The SMILES string of the molecule is CCCc1nc(N)nc(C2CCCc3ccccc32)n1. The number of aryl methyl sites for hydroxylation is 2. The van der Waals surface area contributed by atoms with E-state index in [1.54, 1.807) is 0 Å². The van der Waals surface area contributed by atoms with Crippen molar-refractivity contribution in [3.63, 3.8) is 0 Å². The third kappa shape index (κ3) is 2.50. The molecule has 1 aliphatic carbocycles. The highest BCUT2D eigenvalue weighted by Gasteiger charge is 2.24. The number of nitrogen functional groups attached to an aromatic ring is 1. The zero-order valence-corrected chi connectivity index (χ0v) is 11.8. The zero-order chi connectivity index (χ0) is 13.9. The third-order valence-electron chi connectivity index (χ3n) is 3.87. The smallest absolute Gasteiger partial charge is 0.223 e. The molecule has 0 bridgehead atoms.